The van der Waals surface area contributed by atoms with Crippen LogP contribution in [0, 0.1) is 20.2 Å². The largest absolute Gasteiger partial charge is 0.673 e. The van der Waals surface area contributed by atoms with E-state index in [-0.39, 0.29) is 16.4 Å². The standard InChI is InChI=1S/C3H2ClN3O2.BF4.HNO2/c4-3-5-1-2(6-3)7(8)9;2-1(3,4)5;2-1-3/h1H,(H,5,6);;1H/q;-1;. The Morgan fingerprint density at radius 1 is 1.47 bits per heavy atom. The number of hydrogen-bond acceptors (Lipinski definition) is 5. The lowest BCUT2D eigenvalue weighted by molar-refractivity contribution is -0.398. The average molecular weight is 281 g/mol. The number of nitrogens with one attached hydrogen (secondary N) is 2. The predicted octanol–water partition coefficient (Wildman–Crippen LogP) is 0.603. The van der Waals surface area contributed by atoms with Gasteiger partial charge in [-0.2, -0.15) is 0 Å². The molecule has 0 fully saturated rings. The lowest BCUT2D eigenvalue weighted by Crippen LogP contribution is -2.53. The van der Waals surface area contributed by atoms with Gasteiger partial charge in [0.15, 0.2) is 0 Å². The molecule has 0 saturated heterocycles. The van der Waals surface area contributed by atoms with Gasteiger partial charge < -0.3 is 32.4 Å². The third-order valence-electron chi connectivity index (χ3n) is 0.720. The van der Waals surface area contributed by atoms with Gasteiger partial charge in [0.25, 0.3) is 0 Å². The summed E-state index contributed by atoms with van der Waals surface area (Å²) in [5.74, 6) is -0.264. The quantitative estimate of drug-likeness (QED) is 0.337. The molecule has 0 atom stereocenters. The van der Waals surface area contributed by atoms with Crippen molar-refractivity contribution in [2.75, 3.05) is 0 Å². The van der Waals surface area contributed by atoms with E-state index in [9.17, 15) is 27.4 Å². The van der Waals surface area contributed by atoms with E-state index in [0.29, 0.717) is 0 Å². The summed E-state index contributed by atoms with van der Waals surface area (Å²) in [7, 11) is -6.00. The zero-order valence-electron chi connectivity index (χ0n) is 7.57. The van der Waals surface area contributed by atoms with Crippen LogP contribution < -0.4 is 5.34 Å². The van der Waals surface area contributed by atoms with Crippen molar-refractivity contribution < 1.29 is 27.5 Å². The first kappa shape index (κ1) is 17.5. The van der Waals surface area contributed by atoms with E-state index in [1.165, 1.54) is 0 Å². The second-order valence-electron chi connectivity index (χ2n) is 1.88. The van der Waals surface area contributed by atoms with E-state index in [1.54, 1.807) is 0 Å². The monoisotopic (exact) mass is 281 g/mol. The van der Waals surface area contributed by atoms with Crippen LogP contribution in [0.4, 0.5) is 23.1 Å². The van der Waals surface area contributed by atoms with Crippen LogP contribution in [-0.2, 0) is 0 Å². The number of H-pyrrole nitrogens is 1. The minimum Gasteiger partial charge on any atom is -0.418 e. The SMILES string of the molecule is F[B-](F)(F)F.O=[N+]([O-])c1c[nH]c(Cl)n1.O=[NH+][O-]. The van der Waals surface area contributed by atoms with Crippen molar-refractivity contribution in [2.45, 2.75) is 0 Å². The second-order valence-corrected chi connectivity index (χ2v) is 2.24. The predicted molar refractivity (Wildman–Crippen MR) is 48.1 cm³/mol. The van der Waals surface area contributed by atoms with Gasteiger partial charge in [-0.1, -0.05) is 0 Å². The van der Waals surface area contributed by atoms with Crippen molar-refractivity contribution in [1.82, 2.24) is 9.97 Å². The number of hydrogen-bond donors (Lipinski definition) is 2. The molecule has 0 radical (unpaired) electrons. The van der Waals surface area contributed by atoms with Crippen LogP contribution in [0.15, 0.2) is 6.20 Å². The number of nitrogens with zero attached hydrogens (tertiary/aromatic N) is 2. The van der Waals surface area contributed by atoms with Crippen LogP contribution in [-0.4, -0.2) is 22.1 Å². The number of nitro groups is 1. The first-order valence-electron chi connectivity index (χ1n) is 3.33. The molecule has 1 aromatic heterocycles. The second kappa shape index (κ2) is 8.26. The molecule has 98 valence electrons. The molecule has 0 spiro atoms. The molecule has 0 aromatic carbocycles. The van der Waals surface area contributed by atoms with Crippen LogP contribution in [0.5, 0.6) is 0 Å². The molecule has 8 nitrogen and oxygen atoms in total. The number of imidazole rings is 1. The molecule has 1 rings (SSSR count). The van der Waals surface area contributed by atoms with E-state index in [1.807, 2.05) is 0 Å². The van der Waals surface area contributed by atoms with Gasteiger partial charge in [-0.15, -0.1) is 0 Å². The molecule has 1 heterocycles. The normalized spacial score (nSPS) is 9.24. The molecule has 0 amide bonds. The lowest BCUT2D eigenvalue weighted by Gasteiger charge is -1.94. The van der Waals surface area contributed by atoms with Crippen molar-refractivity contribution in [3.63, 3.8) is 0 Å². The first-order chi connectivity index (χ1) is 7.61. The third-order valence-corrected chi connectivity index (χ3v) is 0.914. The third kappa shape index (κ3) is 16.7. The molecule has 17 heavy (non-hydrogen) atoms. The molecule has 2 N–H and O–H groups in total. The van der Waals surface area contributed by atoms with Crippen LogP contribution in [0.1, 0.15) is 0 Å². The zero-order valence-corrected chi connectivity index (χ0v) is 8.33. The Balaban J connectivity index is 0. The highest BCUT2D eigenvalue weighted by molar-refractivity contribution is 6.50. The van der Waals surface area contributed by atoms with E-state index in [4.69, 9.17) is 21.7 Å². The fourth-order valence-corrected chi connectivity index (χ4v) is 0.524. The van der Waals surface area contributed by atoms with Crippen LogP contribution in [0.3, 0.4) is 0 Å². The minimum atomic E-state index is -6.00. The summed E-state index contributed by atoms with van der Waals surface area (Å²) in [6, 6.07) is 0. The Labute approximate surface area is 94.8 Å². The topological polar surface area (TPSA) is 126 Å². The molecule has 0 aliphatic heterocycles. The smallest absolute Gasteiger partial charge is 0.418 e. The summed E-state index contributed by atoms with van der Waals surface area (Å²) in [6.07, 6.45) is 1.13. The molecule has 0 aliphatic carbocycles. The van der Waals surface area contributed by atoms with Crippen molar-refractivity contribution in [2.24, 2.45) is 0 Å². The van der Waals surface area contributed by atoms with Crippen LogP contribution in [0.2, 0.25) is 5.28 Å². The van der Waals surface area contributed by atoms with Crippen molar-refractivity contribution in [3.8, 4) is 0 Å². The molecule has 14 heteroatoms. The maximum absolute atomic E-state index is 9.88. The van der Waals surface area contributed by atoms with Crippen molar-refractivity contribution in [1.29, 1.82) is 0 Å². The number of aromatic amines is 1. The maximum atomic E-state index is 9.88. The van der Waals surface area contributed by atoms with E-state index in [0.717, 1.165) is 6.20 Å². The summed E-state index contributed by atoms with van der Waals surface area (Å²) in [5.41, 5.74) is 0. The van der Waals surface area contributed by atoms with Crippen LogP contribution >= 0.6 is 11.6 Å². The van der Waals surface area contributed by atoms with E-state index < -0.39 is 12.2 Å². The highest BCUT2D eigenvalue weighted by Crippen LogP contribution is 2.08. The summed E-state index contributed by atoms with van der Waals surface area (Å²) < 4.78 is 39.0. The fraction of sp³-hybridized carbons (Fsp3) is 0. The summed E-state index contributed by atoms with van der Waals surface area (Å²) >= 11 is 5.23. The van der Waals surface area contributed by atoms with Gasteiger partial charge in [-0.25, -0.2) is 0 Å². The molecule has 0 saturated carbocycles. The molecular formula is C3H3BClF4N4O4-. The molecule has 0 bridgehead atoms. The molecule has 0 unspecified atom stereocenters. The highest BCUT2D eigenvalue weighted by atomic mass is 35.5. The number of halogens is 5. The lowest BCUT2D eigenvalue weighted by atomic mass is 10.3. The Bertz CT molecular complexity index is 353. The van der Waals surface area contributed by atoms with Crippen molar-refractivity contribution in [3.05, 3.63) is 31.7 Å². The van der Waals surface area contributed by atoms with Gasteiger partial charge in [-0.3, -0.25) is 10.1 Å². The summed E-state index contributed by atoms with van der Waals surface area (Å²) in [4.78, 5) is 23.1. The average Bonchev–Trinajstić information content (AvgIpc) is 2.50. The van der Waals surface area contributed by atoms with Crippen LogP contribution in [0.25, 0.3) is 0 Å². The van der Waals surface area contributed by atoms with Crippen molar-refractivity contribution >= 4 is 24.7 Å². The van der Waals surface area contributed by atoms with E-state index >= 15 is 0 Å². The Morgan fingerprint density at radius 2 is 1.82 bits per heavy atom. The molecular weight excluding hydrogens is 278 g/mol. The summed E-state index contributed by atoms with van der Waals surface area (Å²) in [6.45, 7) is 0. The number of aromatic nitrogens is 2. The zero-order chi connectivity index (χ0) is 14.1. The summed E-state index contributed by atoms with van der Waals surface area (Å²) in [5, 5.41) is 18.3. The van der Waals surface area contributed by atoms with Gasteiger partial charge in [0.05, 0.1) is 0 Å². The minimum absolute atomic E-state index is 0.0294. The number of rotatable bonds is 1. The van der Waals surface area contributed by atoms with E-state index in [2.05, 4.69) is 9.97 Å². The highest BCUT2D eigenvalue weighted by Gasteiger charge is 2.20. The molecule has 0 aliphatic rings. The fourth-order valence-electron chi connectivity index (χ4n) is 0.383. The van der Waals surface area contributed by atoms with Gasteiger partial charge in [0.1, 0.15) is 6.20 Å². The Morgan fingerprint density at radius 3 is 1.94 bits per heavy atom. The van der Waals surface area contributed by atoms with Gasteiger partial charge in [0, 0.05) is 5.34 Å². The van der Waals surface area contributed by atoms with Gasteiger partial charge in [0.2, 0.25) is 0 Å². The van der Waals surface area contributed by atoms with Gasteiger partial charge >= 0.3 is 18.4 Å². The Kier molecular flexibility index (Phi) is 8.49. The first-order valence-corrected chi connectivity index (χ1v) is 3.71. The van der Waals surface area contributed by atoms with Gasteiger partial charge in [-0.05, 0) is 21.5 Å². The maximum Gasteiger partial charge on any atom is 0.673 e. The Hall–Kier alpha value is -1.92. The molecule has 1 aromatic rings.